The minimum absolute atomic E-state index is 0.249. The van der Waals surface area contributed by atoms with Crippen LogP contribution in [-0.2, 0) is 6.42 Å². The number of aromatic nitrogens is 2. The van der Waals surface area contributed by atoms with E-state index in [0.29, 0.717) is 11.7 Å². The Kier molecular flexibility index (Phi) is 3.78. The van der Waals surface area contributed by atoms with Gasteiger partial charge in [-0.1, -0.05) is 6.92 Å². The summed E-state index contributed by atoms with van der Waals surface area (Å²) in [5, 5.41) is 9.14. The lowest BCUT2D eigenvalue weighted by Gasteiger charge is -2.18. The second-order valence-electron chi connectivity index (χ2n) is 4.60. The predicted octanol–water partition coefficient (Wildman–Crippen LogP) is 0.830. The third kappa shape index (κ3) is 2.85. The van der Waals surface area contributed by atoms with E-state index in [1.54, 1.807) is 0 Å². The zero-order chi connectivity index (χ0) is 12.3. The highest BCUT2D eigenvalue weighted by Gasteiger charge is 2.23. The number of aliphatic hydroxyl groups is 1. The fraction of sp³-hybridized carbons (Fsp3) is 0.667. The van der Waals surface area contributed by atoms with Gasteiger partial charge in [-0.3, -0.25) is 0 Å². The minimum Gasteiger partial charge on any atom is -0.396 e. The highest BCUT2D eigenvalue weighted by atomic mass is 16.3. The average molecular weight is 236 g/mol. The summed E-state index contributed by atoms with van der Waals surface area (Å²) in [4.78, 5) is 10.9. The number of anilines is 2. The van der Waals surface area contributed by atoms with Gasteiger partial charge in [0.15, 0.2) is 0 Å². The highest BCUT2D eigenvalue weighted by Crippen LogP contribution is 2.23. The third-order valence-corrected chi connectivity index (χ3v) is 3.12. The van der Waals surface area contributed by atoms with Crippen molar-refractivity contribution < 1.29 is 5.11 Å². The van der Waals surface area contributed by atoms with Crippen molar-refractivity contribution in [2.24, 2.45) is 5.92 Å². The topological polar surface area (TPSA) is 75.3 Å². The maximum Gasteiger partial charge on any atom is 0.134 e. The molecule has 1 saturated heterocycles. The Balaban J connectivity index is 2.15. The summed E-state index contributed by atoms with van der Waals surface area (Å²) in [6.45, 7) is 4.15. The number of hydrogen-bond acceptors (Lipinski definition) is 5. The number of hydrogen-bond donors (Lipinski definition) is 2. The highest BCUT2D eigenvalue weighted by molar-refractivity contribution is 5.47. The molecule has 5 heteroatoms. The van der Waals surface area contributed by atoms with Gasteiger partial charge in [-0.2, -0.15) is 0 Å². The summed E-state index contributed by atoms with van der Waals surface area (Å²) in [7, 11) is 0. The molecule has 1 atom stereocenters. The molecule has 2 rings (SSSR count). The molecule has 0 saturated carbocycles. The van der Waals surface area contributed by atoms with E-state index in [-0.39, 0.29) is 6.61 Å². The monoisotopic (exact) mass is 236 g/mol. The molecule has 94 valence electrons. The van der Waals surface area contributed by atoms with Gasteiger partial charge in [0.05, 0.1) is 0 Å². The smallest absolute Gasteiger partial charge is 0.134 e. The molecule has 0 aromatic carbocycles. The molecular formula is C12H20N4O. The normalized spacial score (nSPS) is 19.9. The molecule has 3 N–H and O–H groups in total. The first-order valence-corrected chi connectivity index (χ1v) is 6.22. The summed E-state index contributed by atoms with van der Waals surface area (Å²) in [5.41, 5.74) is 5.80. The van der Waals surface area contributed by atoms with Crippen LogP contribution in [0.25, 0.3) is 0 Å². The lowest BCUT2D eigenvalue weighted by molar-refractivity contribution is 0.238. The van der Waals surface area contributed by atoms with Crippen LogP contribution < -0.4 is 10.6 Å². The molecule has 1 aliphatic heterocycles. The van der Waals surface area contributed by atoms with Gasteiger partial charge in [0, 0.05) is 38.1 Å². The number of rotatable bonds is 4. The van der Waals surface area contributed by atoms with E-state index in [4.69, 9.17) is 10.8 Å². The fourth-order valence-corrected chi connectivity index (χ4v) is 2.19. The standard InChI is InChI=1S/C12H20N4O/c1-2-3-11-14-10(13)6-12(15-11)16-5-4-9(7-16)8-17/h6,9,17H,2-5,7-8H2,1H3,(H2,13,14,15). The van der Waals surface area contributed by atoms with E-state index in [9.17, 15) is 0 Å². The molecule has 1 unspecified atom stereocenters. The largest absolute Gasteiger partial charge is 0.396 e. The number of aliphatic hydroxyl groups excluding tert-OH is 1. The lowest BCUT2D eigenvalue weighted by atomic mass is 10.1. The van der Waals surface area contributed by atoms with Crippen molar-refractivity contribution >= 4 is 11.6 Å². The van der Waals surface area contributed by atoms with Crippen molar-refractivity contribution in [3.8, 4) is 0 Å². The van der Waals surface area contributed by atoms with Crippen molar-refractivity contribution in [1.82, 2.24) is 9.97 Å². The van der Waals surface area contributed by atoms with Crippen molar-refractivity contribution in [1.29, 1.82) is 0 Å². The molecule has 1 fully saturated rings. The van der Waals surface area contributed by atoms with Gasteiger partial charge in [0.1, 0.15) is 17.5 Å². The van der Waals surface area contributed by atoms with Crippen LogP contribution >= 0.6 is 0 Å². The van der Waals surface area contributed by atoms with Crippen LogP contribution in [0.15, 0.2) is 6.07 Å². The van der Waals surface area contributed by atoms with Gasteiger partial charge in [-0.05, 0) is 12.8 Å². The summed E-state index contributed by atoms with van der Waals surface area (Å²) in [6, 6.07) is 1.82. The maximum absolute atomic E-state index is 9.14. The fourth-order valence-electron chi connectivity index (χ4n) is 2.19. The van der Waals surface area contributed by atoms with Gasteiger partial charge < -0.3 is 15.7 Å². The van der Waals surface area contributed by atoms with E-state index < -0.39 is 0 Å². The van der Waals surface area contributed by atoms with Crippen LogP contribution in [0.4, 0.5) is 11.6 Å². The van der Waals surface area contributed by atoms with Crippen molar-refractivity contribution in [2.45, 2.75) is 26.2 Å². The summed E-state index contributed by atoms with van der Waals surface area (Å²) in [5.74, 6) is 2.61. The second-order valence-corrected chi connectivity index (χ2v) is 4.60. The van der Waals surface area contributed by atoms with Gasteiger partial charge in [-0.15, -0.1) is 0 Å². The number of nitrogens with zero attached hydrogens (tertiary/aromatic N) is 3. The van der Waals surface area contributed by atoms with E-state index in [1.807, 2.05) is 6.07 Å². The summed E-state index contributed by atoms with van der Waals surface area (Å²) < 4.78 is 0. The molecule has 0 bridgehead atoms. The molecular weight excluding hydrogens is 216 g/mol. The molecule has 1 aromatic rings. The third-order valence-electron chi connectivity index (χ3n) is 3.12. The van der Waals surface area contributed by atoms with Crippen LogP contribution in [0.2, 0.25) is 0 Å². The van der Waals surface area contributed by atoms with E-state index in [1.165, 1.54) is 0 Å². The van der Waals surface area contributed by atoms with Crippen LogP contribution in [0.1, 0.15) is 25.6 Å². The van der Waals surface area contributed by atoms with E-state index in [2.05, 4.69) is 21.8 Å². The van der Waals surface area contributed by atoms with Crippen LogP contribution in [0.5, 0.6) is 0 Å². The van der Waals surface area contributed by atoms with Gasteiger partial charge in [-0.25, -0.2) is 9.97 Å². The molecule has 2 heterocycles. The molecule has 1 aromatic heterocycles. The number of aryl methyl sites for hydroxylation is 1. The van der Waals surface area contributed by atoms with Crippen molar-refractivity contribution in [2.75, 3.05) is 30.3 Å². The summed E-state index contributed by atoms with van der Waals surface area (Å²) in [6.07, 6.45) is 2.89. The molecule has 5 nitrogen and oxygen atoms in total. The van der Waals surface area contributed by atoms with Crippen LogP contribution in [0.3, 0.4) is 0 Å². The minimum atomic E-state index is 0.249. The molecule has 0 radical (unpaired) electrons. The first kappa shape index (κ1) is 12.1. The van der Waals surface area contributed by atoms with Crippen LogP contribution in [-0.4, -0.2) is 34.8 Å². The Morgan fingerprint density at radius 3 is 3.00 bits per heavy atom. The van der Waals surface area contributed by atoms with Gasteiger partial charge in [0.2, 0.25) is 0 Å². The Labute approximate surface area is 102 Å². The lowest BCUT2D eigenvalue weighted by Crippen LogP contribution is -2.22. The van der Waals surface area contributed by atoms with Crippen molar-refractivity contribution in [3.63, 3.8) is 0 Å². The zero-order valence-corrected chi connectivity index (χ0v) is 10.3. The SMILES string of the molecule is CCCc1nc(N)cc(N2CCC(CO)C2)n1. The van der Waals surface area contributed by atoms with Gasteiger partial charge in [0.25, 0.3) is 0 Å². The first-order chi connectivity index (χ1) is 8.22. The number of nitrogens with two attached hydrogens (primary N) is 1. The Morgan fingerprint density at radius 1 is 1.53 bits per heavy atom. The predicted molar refractivity (Wildman–Crippen MR) is 67.8 cm³/mol. The Hall–Kier alpha value is -1.36. The first-order valence-electron chi connectivity index (χ1n) is 6.22. The Morgan fingerprint density at radius 2 is 2.35 bits per heavy atom. The summed E-state index contributed by atoms with van der Waals surface area (Å²) >= 11 is 0. The number of nitrogen functional groups attached to an aromatic ring is 1. The van der Waals surface area contributed by atoms with Crippen LogP contribution in [0, 0.1) is 5.92 Å². The Bertz CT molecular complexity index is 383. The van der Waals surface area contributed by atoms with E-state index in [0.717, 1.165) is 44.0 Å². The van der Waals surface area contributed by atoms with Gasteiger partial charge >= 0.3 is 0 Å². The van der Waals surface area contributed by atoms with E-state index >= 15 is 0 Å². The maximum atomic E-state index is 9.14. The average Bonchev–Trinajstić information content (AvgIpc) is 2.77. The quantitative estimate of drug-likeness (QED) is 0.810. The van der Waals surface area contributed by atoms with Crippen molar-refractivity contribution in [3.05, 3.63) is 11.9 Å². The molecule has 17 heavy (non-hydrogen) atoms. The molecule has 1 aliphatic rings. The molecule has 0 spiro atoms. The molecule has 0 amide bonds. The molecule has 0 aliphatic carbocycles. The zero-order valence-electron chi connectivity index (χ0n) is 10.3. The second kappa shape index (κ2) is 5.31.